The lowest BCUT2D eigenvalue weighted by atomic mass is 10.0. The van der Waals surface area contributed by atoms with Crippen LogP contribution in [0.4, 0.5) is 0 Å². The van der Waals surface area contributed by atoms with Crippen LogP contribution < -0.4 is 5.73 Å². The maximum absolute atomic E-state index is 12.8. The van der Waals surface area contributed by atoms with Gasteiger partial charge >= 0.3 is 0 Å². The molecule has 0 bridgehead atoms. The van der Waals surface area contributed by atoms with Crippen LogP contribution in [0.1, 0.15) is 12.8 Å². The maximum atomic E-state index is 12.8. The molecular weight excluding hydrogens is 371 g/mol. The van der Waals surface area contributed by atoms with E-state index in [1.54, 1.807) is 13.2 Å². The van der Waals surface area contributed by atoms with Crippen molar-refractivity contribution in [2.24, 2.45) is 5.73 Å². The standard InChI is InChI=1S/C13H18Cl2N2O3S.ClH/c1-20-11-4-5-17(10(7-11)8-16)21(18,19)13-6-9(14)2-3-12(13)15;/h2-3,6,10-11H,4-5,7-8,16H2,1H3;1H. The number of hydrogen-bond acceptors (Lipinski definition) is 4. The van der Waals surface area contributed by atoms with Gasteiger partial charge in [-0.15, -0.1) is 12.4 Å². The zero-order valence-electron chi connectivity index (χ0n) is 12.0. The van der Waals surface area contributed by atoms with Crippen molar-refractivity contribution in [2.45, 2.75) is 29.9 Å². The summed E-state index contributed by atoms with van der Waals surface area (Å²) in [5.41, 5.74) is 5.73. The first-order chi connectivity index (χ1) is 9.90. The third-order valence-electron chi connectivity index (χ3n) is 3.70. The van der Waals surface area contributed by atoms with E-state index in [9.17, 15) is 8.42 Å². The number of benzene rings is 1. The smallest absolute Gasteiger partial charge is 0.244 e. The van der Waals surface area contributed by atoms with Gasteiger partial charge in [0.1, 0.15) is 4.90 Å². The Labute approximate surface area is 147 Å². The van der Waals surface area contributed by atoms with E-state index in [-0.39, 0.29) is 41.0 Å². The van der Waals surface area contributed by atoms with Crippen LogP contribution in [0, 0.1) is 0 Å². The van der Waals surface area contributed by atoms with Crippen LogP contribution >= 0.6 is 35.6 Å². The van der Waals surface area contributed by atoms with Crippen LogP contribution in [-0.2, 0) is 14.8 Å². The van der Waals surface area contributed by atoms with E-state index in [0.717, 1.165) is 0 Å². The third kappa shape index (κ3) is 4.06. The number of halogens is 3. The maximum Gasteiger partial charge on any atom is 0.244 e. The SMILES string of the molecule is COC1CCN(S(=O)(=O)c2cc(Cl)ccc2Cl)C(CN)C1.Cl. The van der Waals surface area contributed by atoms with E-state index in [0.29, 0.717) is 24.4 Å². The topological polar surface area (TPSA) is 72.6 Å². The predicted molar refractivity (Wildman–Crippen MR) is 90.5 cm³/mol. The average molecular weight is 390 g/mol. The number of rotatable bonds is 4. The molecule has 0 spiro atoms. The first kappa shape index (κ1) is 20.0. The lowest BCUT2D eigenvalue weighted by molar-refractivity contribution is 0.0401. The number of hydrogen-bond donors (Lipinski definition) is 1. The van der Waals surface area contributed by atoms with E-state index in [4.69, 9.17) is 33.7 Å². The van der Waals surface area contributed by atoms with Crippen LogP contribution in [-0.4, -0.2) is 45.1 Å². The lowest BCUT2D eigenvalue weighted by Crippen LogP contribution is -2.51. The highest BCUT2D eigenvalue weighted by molar-refractivity contribution is 7.89. The Morgan fingerprint density at radius 3 is 2.68 bits per heavy atom. The molecule has 1 aliphatic heterocycles. The summed E-state index contributed by atoms with van der Waals surface area (Å²) in [4.78, 5) is 0.0194. The van der Waals surface area contributed by atoms with Gasteiger partial charge in [0.2, 0.25) is 10.0 Å². The first-order valence-electron chi connectivity index (χ1n) is 6.60. The zero-order chi connectivity index (χ0) is 15.6. The second kappa shape index (κ2) is 8.15. The highest BCUT2D eigenvalue weighted by Crippen LogP contribution is 2.31. The van der Waals surface area contributed by atoms with Gasteiger partial charge in [-0.1, -0.05) is 23.2 Å². The van der Waals surface area contributed by atoms with Crippen LogP contribution in [0.15, 0.2) is 23.1 Å². The van der Waals surface area contributed by atoms with E-state index in [2.05, 4.69) is 0 Å². The molecule has 2 N–H and O–H groups in total. The number of methoxy groups -OCH3 is 1. The number of sulfonamides is 1. The summed E-state index contributed by atoms with van der Waals surface area (Å²) in [5.74, 6) is 0. The fourth-order valence-electron chi connectivity index (χ4n) is 2.54. The second-order valence-electron chi connectivity index (χ2n) is 4.96. The van der Waals surface area contributed by atoms with Gasteiger partial charge in [0.25, 0.3) is 0 Å². The van der Waals surface area contributed by atoms with Crippen molar-refractivity contribution in [3.8, 4) is 0 Å². The molecule has 0 radical (unpaired) electrons. The Bertz CT molecular complexity index is 613. The molecule has 0 aromatic heterocycles. The van der Waals surface area contributed by atoms with Gasteiger partial charge in [-0.05, 0) is 31.0 Å². The lowest BCUT2D eigenvalue weighted by Gasteiger charge is -2.37. The van der Waals surface area contributed by atoms with Gasteiger partial charge in [-0.25, -0.2) is 8.42 Å². The molecule has 2 unspecified atom stereocenters. The molecule has 1 heterocycles. The molecule has 1 aromatic carbocycles. The van der Waals surface area contributed by atoms with E-state index < -0.39 is 10.0 Å². The molecule has 1 aromatic rings. The summed E-state index contributed by atoms with van der Waals surface area (Å²) in [6.07, 6.45) is 1.23. The van der Waals surface area contributed by atoms with Crippen LogP contribution in [0.25, 0.3) is 0 Å². The van der Waals surface area contributed by atoms with E-state index in [1.165, 1.54) is 16.4 Å². The third-order valence-corrected chi connectivity index (χ3v) is 6.37. The summed E-state index contributed by atoms with van der Waals surface area (Å²) in [6.45, 7) is 0.586. The molecule has 0 amide bonds. The highest BCUT2D eigenvalue weighted by atomic mass is 35.5. The molecule has 5 nitrogen and oxygen atoms in total. The Hall–Kier alpha value is -0.0800. The van der Waals surface area contributed by atoms with Crippen LogP contribution in [0.5, 0.6) is 0 Å². The van der Waals surface area contributed by atoms with Gasteiger partial charge < -0.3 is 10.5 Å². The van der Waals surface area contributed by atoms with Crippen molar-refractivity contribution in [3.05, 3.63) is 28.2 Å². The molecule has 22 heavy (non-hydrogen) atoms. The Kier molecular flexibility index (Phi) is 7.39. The summed E-state index contributed by atoms with van der Waals surface area (Å²) in [7, 11) is -2.11. The van der Waals surface area contributed by atoms with Gasteiger partial charge in [0.15, 0.2) is 0 Å². The van der Waals surface area contributed by atoms with Crippen molar-refractivity contribution in [3.63, 3.8) is 0 Å². The summed E-state index contributed by atoms with van der Waals surface area (Å²) < 4.78 is 32.3. The van der Waals surface area contributed by atoms with E-state index in [1.807, 2.05) is 0 Å². The second-order valence-corrected chi connectivity index (χ2v) is 7.66. The number of piperidine rings is 1. The Balaban J connectivity index is 0.00000242. The normalized spacial score (nSPS) is 23.1. The average Bonchev–Trinajstić information content (AvgIpc) is 2.48. The number of nitrogens with zero attached hydrogens (tertiary/aromatic N) is 1. The molecule has 1 fully saturated rings. The van der Waals surface area contributed by atoms with Crippen molar-refractivity contribution < 1.29 is 13.2 Å². The van der Waals surface area contributed by atoms with Gasteiger partial charge in [-0.2, -0.15) is 4.31 Å². The fraction of sp³-hybridized carbons (Fsp3) is 0.538. The van der Waals surface area contributed by atoms with Gasteiger partial charge in [-0.3, -0.25) is 0 Å². The number of ether oxygens (including phenoxy) is 1. The molecule has 126 valence electrons. The quantitative estimate of drug-likeness (QED) is 0.859. The minimum Gasteiger partial charge on any atom is -0.381 e. The zero-order valence-corrected chi connectivity index (χ0v) is 15.2. The number of nitrogens with two attached hydrogens (primary N) is 1. The predicted octanol–water partition coefficient (Wildman–Crippen LogP) is 2.54. The summed E-state index contributed by atoms with van der Waals surface area (Å²) in [6, 6.07) is 4.11. The molecule has 1 saturated heterocycles. The minimum atomic E-state index is -3.73. The molecular formula is C13H19Cl3N2O3S. The fourth-order valence-corrected chi connectivity index (χ4v) is 4.94. The van der Waals surface area contributed by atoms with Gasteiger partial charge in [0.05, 0.1) is 11.1 Å². The van der Waals surface area contributed by atoms with Crippen LogP contribution in [0.2, 0.25) is 10.0 Å². The van der Waals surface area contributed by atoms with Crippen molar-refractivity contribution in [2.75, 3.05) is 20.2 Å². The van der Waals surface area contributed by atoms with Crippen LogP contribution in [0.3, 0.4) is 0 Å². The van der Waals surface area contributed by atoms with Crippen molar-refractivity contribution in [1.82, 2.24) is 4.31 Å². The highest BCUT2D eigenvalue weighted by Gasteiger charge is 2.37. The van der Waals surface area contributed by atoms with Crippen molar-refractivity contribution >= 4 is 45.6 Å². The molecule has 2 rings (SSSR count). The minimum absolute atomic E-state index is 0. The molecule has 0 saturated carbocycles. The monoisotopic (exact) mass is 388 g/mol. The Morgan fingerprint density at radius 2 is 2.09 bits per heavy atom. The molecule has 1 aliphatic rings. The molecule has 0 aliphatic carbocycles. The van der Waals surface area contributed by atoms with Crippen molar-refractivity contribution in [1.29, 1.82) is 0 Å². The van der Waals surface area contributed by atoms with E-state index >= 15 is 0 Å². The summed E-state index contributed by atoms with van der Waals surface area (Å²) in [5, 5.41) is 0.484. The van der Waals surface area contributed by atoms with Gasteiger partial charge in [0, 0.05) is 31.3 Å². The molecule has 2 atom stereocenters. The largest absolute Gasteiger partial charge is 0.381 e. The first-order valence-corrected chi connectivity index (χ1v) is 8.79. The summed E-state index contributed by atoms with van der Waals surface area (Å²) >= 11 is 11.9. The molecule has 9 heteroatoms. The Morgan fingerprint density at radius 1 is 1.41 bits per heavy atom.